The number of fused-ring (bicyclic) bond motifs is 7. The van der Waals surface area contributed by atoms with Crippen LogP contribution in [-0.4, -0.2) is 285 Å². The lowest BCUT2D eigenvalue weighted by atomic mass is 9.33. The zero-order chi connectivity index (χ0) is 62.9. The highest BCUT2D eigenvalue weighted by atomic mass is 16.8. The van der Waals surface area contributed by atoms with Crippen molar-refractivity contribution in [1.82, 2.24) is 0 Å². The molecule has 28 nitrogen and oxygen atoms in total. The second-order valence-electron chi connectivity index (χ2n) is 28.3. The first-order valence-corrected chi connectivity index (χ1v) is 30.4. The molecule has 0 radical (unpaired) electrons. The standard InChI is InChI=1S/C58H94O28/c1-53(2)16-23-22-8-9-29-55(4)12-11-30(81-52-44(37(70)36(69)42(83-52)47(75)76)85-51-43(35(68)33(66)27(18-60)80-51)84-48-38(71)31(64)24(62)19-77-48)56(5,21-61)28(55)10-13-58(29,7)57(22,6)15-14-54(23,3)46(45(53)74)86-49-40(73)41(25(63)20-78-49)82-50-39(72)34(67)32(65)26(17-59)79-50/h8,23-46,48-52,59-74H,9-21H2,1-7H3,(H,75,76)/t23-,24+,25+,26+,27+,28+,29+,30-,31-,32+,33-,34-,35-,36-,37-,38+,39+,40-,41-,42-,43+,44+,45-,46+,48-,49-,50-,51-,52+,54+,55-,56-,57+,58+/m0/s1. The Morgan fingerprint density at radius 3 is 1.72 bits per heavy atom. The fraction of sp³-hybridized carbons (Fsp3) is 0.948. The summed E-state index contributed by atoms with van der Waals surface area (Å²) in [7, 11) is 0. The second kappa shape index (κ2) is 24.6. The van der Waals surface area contributed by atoms with E-state index in [9.17, 15) is 91.6 Å². The van der Waals surface area contributed by atoms with Gasteiger partial charge in [0.25, 0.3) is 0 Å². The molecule has 28 heteroatoms. The highest BCUT2D eigenvalue weighted by molar-refractivity contribution is 5.73. The number of carbonyl (C=O) groups is 1. The molecule has 10 aliphatic rings. The molecular weight excluding hydrogens is 1140 g/mol. The summed E-state index contributed by atoms with van der Waals surface area (Å²) in [4.78, 5) is 12.6. The minimum atomic E-state index is -2.14. The molecule has 5 aliphatic heterocycles. The van der Waals surface area contributed by atoms with E-state index in [-0.39, 0.29) is 36.2 Å². The Bertz CT molecular complexity index is 2410. The number of allylic oxidation sites excluding steroid dienone is 2. The van der Waals surface area contributed by atoms with Gasteiger partial charge in [0.2, 0.25) is 0 Å². The molecule has 5 heterocycles. The molecule has 0 amide bonds. The van der Waals surface area contributed by atoms with Crippen molar-refractivity contribution in [3.05, 3.63) is 11.6 Å². The van der Waals surface area contributed by atoms with Gasteiger partial charge in [-0.3, -0.25) is 0 Å². The lowest BCUT2D eigenvalue weighted by Gasteiger charge is -2.72. The Morgan fingerprint density at radius 1 is 0.535 bits per heavy atom. The molecule has 9 fully saturated rings. The van der Waals surface area contributed by atoms with E-state index in [4.69, 9.17) is 47.4 Å². The quantitative estimate of drug-likeness (QED) is 0.0576. The zero-order valence-corrected chi connectivity index (χ0v) is 49.6. The summed E-state index contributed by atoms with van der Waals surface area (Å²) in [6.07, 6.45) is -36.2. The Morgan fingerprint density at radius 2 is 1.09 bits per heavy atom. The first kappa shape index (κ1) is 67.1. The Kier molecular flexibility index (Phi) is 19.2. The maximum absolute atomic E-state index is 12.6. The van der Waals surface area contributed by atoms with Crippen molar-refractivity contribution in [3.63, 3.8) is 0 Å². The van der Waals surface area contributed by atoms with Crippen molar-refractivity contribution in [3.8, 4) is 0 Å². The van der Waals surface area contributed by atoms with Gasteiger partial charge in [0.05, 0.1) is 51.3 Å². The molecule has 0 aromatic rings. The lowest BCUT2D eigenvalue weighted by Crippen LogP contribution is -2.69. The fourth-order valence-corrected chi connectivity index (χ4v) is 17.6. The molecule has 0 aromatic carbocycles. The Balaban J connectivity index is 0.891. The lowest BCUT2D eigenvalue weighted by molar-refractivity contribution is -0.393. The third-order valence-corrected chi connectivity index (χ3v) is 23.2. The molecule has 10 rings (SSSR count). The van der Waals surface area contributed by atoms with Crippen LogP contribution in [0.3, 0.4) is 0 Å². The molecule has 0 bridgehead atoms. The van der Waals surface area contributed by atoms with Crippen LogP contribution in [0.1, 0.15) is 99.8 Å². The van der Waals surface area contributed by atoms with Crippen molar-refractivity contribution in [2.75, 3.05) is 33.0 Å². The molecule has 86 heavy (non-hydrogen) atoms. The normalized spacial score (nSPS) is 55.7. The molecule has 4 saturated carbocycles. The van der Waals surface area contributed by atoms with E-state index < -0.39 is 219 Å². The Hall–Kier alpha value is -1.83. The van der Waals surface area contributed by atoms with Crippen LogP contribution in [0.4, 0.5) is 0 Å². The summed E-state index contributed by atoms with van der Waals surface area (Å²) in [6.45, 7) is 11.9. The van der Waals surface area contributed by atoms with Crippen molar-refractivity contribution < 1.29 is 139 Å². The Labute approximate surface area is 498 Å². The van der Waals surface area contributed by atoms with E-state index in [0.29, 0.717) is 44.9 Å². The number of ether oxygens (including phenoxy) is 10. The number of aliphatic carboxylic acids is 1. The van der Waals surface area contributed by atoms with Gasteiger partial charge >= 0.3 is 5.97 Å². The topological polar surface area (TPSA) is 453 Å². The minimum Gasteiger partial charge on any atom is -0.479 e. The van der Waals surface area contributed by atoms with Crippen LogP contribution in [0.25, 0.3) is 0 Å². The third-order valence-electron chi connectivity index (χ3n) is 23.2. The number of rotatable bonds is 14. The summed E-state index contributed by atoms with van der Waals surface area (Å²) < 4.78 is 60.1. The van der Waals surface area contributed by atoms with Crippen LogP contribution in [0.2, 0.25) is 0 Å². The second-order valence-corrected chi connectivity index (χ2v) is 28.3. The molecular formula is C58H94O28. The molecule has 0 unspecified atom stereocenters. The molecule has 34 atom stereocenters. The van der Waals surface area contributed by atoms with Gasteiger partial charge in [0.1, 0.15) is 104 Å². The smallest absolute Gasteiger partial charge is 0.335 e. The van der Waals surface area contributed by atoms with E-state index >= 15 is 0 Å². The number of carboxylic acid groups (broad SMARTS) is 1. The van der Waals surface area contributed by atoms with Crippen molar-refractivity contribution in [2.45, 2.75) is 259 Å². The van der Waals surface area contributed by atoms with Gasteiger partial charge in [-0.25, -0.2) is 4.79 Å². The van der Waals surface area contributed by atoms with Crippen LogP contribution < -0.4 is 0 Å². The molecule has 17 N–H and O–H groups in total. The number of carboxylic acids is 1. The maximum atomic E-state index is 12.6. The van der Waals surface area contributed by atoms with Gasteiger partial charge in [-0.1, -0.05) is 60.1 Å². The highest BCUT2D eigenvalue weighted by Crippen LogP contribution is 2.76. The third kappa shape index (κ3) is 10.9. The van der Waals surface area contributed by atoms with Crippen LogP contribution in [0.5, 0.6) is 0 Å². The van der Waals surface area contributed by atoms with Crippen LogP contribution in [0.15, 0.2) is 11.6 Å². The van der Waals surface area contributed by atoms with E-state index in [2.05, 4.69) is 33.8 Å². The molecule has 0 aromatic heterocycles. The van der Waals surface area contributed by atoms with Crippen LogP contribution >= 0.6 is 0 Å². The fourth-order valence-electron chi connectivity index (χ4n) is 17.6. The zero-order valence-electron chi connectivity index (χ0n) is 49.6. The number of aliphatic hydroxyl groups excluding tert-OH is 16. The number of hydrogen-bond acceptors (Lipinski definition) is 27. The summed E-state index contributed by atoms with van der Waals surface area (Å²) in [5, 5.41) is 185. The predicted octanol–water partition coefficient (Wildman–Crippen LogP) is -4.43. The van der Waals surface area contributed by atoms with Crippen molar-refractivity contribution in [2.24, 2.45) is 50.2 Å². The molecule has 5 saturated heterocycles. The van der Waals surface area contributed by atoms with Crippen LogP contribution in [-0.2, 0) is 52.2 Å². The SMILES string of the molecule is CC1(C)C[C@H]2C3=CC[C@@H]4[C@@]5(C)CC[C@H](O[C@@H]6O[C@H](C(=O)O)[C@@H](O)[C@H](O)[C@H]6O[C@@H]6O[C@H](CO)[C@H](O)[C@H](O)[C@H]6O[C@@H]6OC[C@@H](O)[C@H](O)[C@H]6O)[C@@](C)(CO)[C@@H]5CC[C@@]4(C)[C@]3(C)CC[C@@]2(C)[C@H](O[C@@H]2OC[C@@H](O)[C@H](O[C@@H]3O[C@H](CO)[C@@H](O)[C@H](O)[C@H]3O)[C@@H]2O)[C@@H]1O. The molecule has 5 aliphatic carbocycles. The first-order chi connectivity index (χ1) is 40.3. The maximum Gasteiger partial charge on any atom is 0.335 e. The summed E-state index contributed by atoms with van der Waals surface area (Å²) in [5.41, 5.74) is -2.48. The average molecular weight is 1240 g/mol. The summed E-state index contributed by atoms with van der Waals surface area (Å²) in [5.74, 6) is -1.98. The summed E-state index contributed by atoms with van der Waals surface area (Å²) in [6, 6.07) is 0. The summed E-state index contributed by atoms with van der Waals surface area (Å²) >= 11 is 0. The van der Waals surface area contributed by atoms with Gasteiger partial charge in [-0.2, -0.15) is 0 Å². The van der Waals surface area contributed by atoms with Gasteiger partial charge < -0.3 is 134 Å². The molecule has 494 valence electrons. The van der Waals surface area contributed by atoms with Crippen LogP contribution in [0, 0.1) is 50.2 Å². The minimum absolute atomic E-state index is 0.0406. The predicted molar refractivity (Wildman–Crippen MR) is 287 cm³/mol. The van der Waals surface area contributed by atoms with Crippen molar-refractivity contribution in [1.29, 1.82) is 0 Å². The number of hydrogen-bond donors (Lipinski definition) is 17. The molecule has 0 spiro atoms. The van der Waals surface area contributed by atoms with E-state index in [1.54, 1.807) is 0 Å². The van der Waals surface area contributed by atoms with Gasteiger partial charge in [0, 0.05) is 10.8 Å². The van der Waals surface area contributed by atoms with E-state index in [1.165, 1.54) is 5.57 Å². The monoisotopic (exact) mass is 1240 g/mol. The largest absolute Gasteiger partial charge is 0.479 e. The van der Waals surface area contributed by atoms with Crippen molar-refractivity contribution >= 4 is 5.97 Å². The van der Waals surface area contributed by atoms with Gasteiger partial charge in [0.15, 0.2) is 37.6 Å². The number of aliphatic hydroxyl groups is 16. The van der Waals surface area contributed by atoms with E-state index in [0.717, 1.165) is 0 Å². The van der Waals surface area contributed by atoms with Gasteiger partial charge in [-0.05, 0) is 90.8 Å². The first-order valence-electron chi connectivity index (χ1n) is 30.4. The highest BCUT2D eigenvalue weighted by Gasteiger charge is 2.71. The van der Waals surface area contributed by atoms with Gasteiger partial charge in [-0.15, -0.1) is 0 Å². The average Bonchev–Trinajstić information content (AvgIpc) is 0.678. The van der Waals surface area contributed by atoms with E-state index in [1.807, 2.05) is 20.8 Å².